The lowest BCUT2D eigenvalue weighted by molar-refractivity contribution is 0.0503. The molecule has 41 heavy (non-hydrogen) atoms. The maximum absolute atomic E-state index is 15.7. The van der Waals surface area contributed by atoms with Crippen molar-refractivity contribution in [1.29, 1.82) is 0 Å². The summed E-state index contributed by atoms with van der Waals surface area (Å²) in [5.41, 5.74) is 3.15. The molecule has 2 saturated carbocycles. The molecule has 0 radical (unpaired) electrons. The quantitative estimate of drug-likeness (QED) is 0.345. The molecule has 3 fully saturated rings. The number of halogens is 1. The second kappa shape index (κ2) is 9.03. The van der Waals surface area contributed by atoms with Crippen LogP contribution in [0.4, 0.5) is 9.18 Å². The van der Waals surface area contributed by atoms with Gasteiger partial charge in [0.2, 0.25) is 0 Å². The molecule has 3 atom stereocenters. The van der Waals surface area contributed by atoms with Crippen LogP contribution in [0.1, 0.15) is 62.4 Å². The molecule has 1 aliphatic heterocycles. The van der Waals surface area contributed by atoms with E-state index in [1.54, 1.807) is 17.3 Å². The number of amides is 2. The fourth-order valence-electron chi connectivity index (χ4n) is 7.27. The molecule has 0 spiro atoms. The molecule has 4 aromatic heterocycles. The number of hydrogen-bond donors (Lipinski definition) is 1. The minimum absolute atomic E-state index is 0.0633. The van der Waals surface area contributed by atoms with Crippen molar-refractivity contribution in [2.45, 2.75) is 77.5 Å². The van der Waals surface area contributed by atoms with E-state index in [1.807, 2.05) is 39.8 Å². The molecule has 1 saturated heterocycles. The molecular formula is C31H35FN6O3. The van der Waals surface area contributed by atoms with Gasteiger partial charge in [-0.15, -0.1) is 0 Å². The molecule has 10 heteroatoms. The Hall–Kier alpha value is -3.95. The molecule has 4 aromatic rings. The average molecular weight is 559 g/mol. The van der Waals surface area contributed by atoms with Gasteiger partial charge in [-0.3, -0.25) is 9.69 Å². The minimum atomic E-state index is -0.977. The van der Waals surface area contributed by atoms with Crippen LogP contribution in [-0.4, -0.2) is 70.2 Å². The molecular weight excluding hydrogens is 523 g/mol. The molecule has 2 amide bonds. The Morgan fingerprint density at radius 2 is 1.95 bits per heavy atom. The van der Waals surface area contributed by atoms with Gasteiger partial charge in [0.1, 0.15) is 22.7 Å². The highest BCUT2D eigenvalue weighted by Crippen LogP contribution is 2.44. The van der Waals surface area contributed by atoms with Gasteiger partial charge in [0.25, 0.3) is 5.91 Å². The summed E-state index contributed by atoms with van der Waals surface area (Å²) in [5.74, 6) is -0.116. The van der Waals surface area contributed by atoms with Crippen LogP contribution >= 0.6 is 0 Å². The number of hydrogen-bond acceptors (Lipinski definition) is 4. The number of carbonyl (C=O) groups is 2. The number of aryl methyl sites for hydroxylation is 1. The van der Waals surface area contributed by atoms with E-state index in [1.165, 1.54) is 28.3 Å². The summed E-state index contributed by atoms with van der Waals surface area (Å²) in [5, 5.41) is 15.9. The van der Waals surface area contributed by atoms with Crippen molar-refractivity contribution in [3.8, 4) is 11.4 Å². The zero-order chi connectivity index (χ0) is 28.8. The number of carboxylic acid groups (broad SMARTS) is 1. The van der Waals surface area contributed by atoms with Crippen LogP contribution in [0.3, 0.4) is 0 Å². The molecule has 2 bridgehead atoms. The van der Waals surface area contributed by atoms with Crippen LogP contribution < -0.4 is 0 Å². The maximum atomic E-state index is 15.7. The topological polar surface area (TPSA) is 96.0 Å². The molecule has 214 valence electrons. The predicted molar refractivity (Wildman–Crippen MR) is 152 cm³/mol. The van der Waals surface area contributed by atoms with Gasteiger partial charge in [0.15, 0.2) is 0 Å². The highest BCUT2D eigenvalue weighted by Gasteiger charge is 2.54. The SMILES string of the molecule is Cc1c(-c2cc3cccnc3n2CC2CC2)nn2cc(C(=O)N3CC4CCC3[C@@H]4N(C(=O)O)C(C)(C)C)cc(F)c12. The fraction of sp³-hybridized carbons (Fsp3) is 0.484. The van der Waals surface area contributed by atoms with Crippen LogP contribution in [-0.2, 0) is 6.54 Å². The fourth-order valence-corrected chi connectivity index (χ4v) is 7.27. The first-order valence-electron chi connectivity index (χ1n) is 14.5. The summed E-state index contributed by atoms with van der Waals surface area (Å²) in [6.07, 6.45) is 6.41. The van der Waals surface area contributed by atoms with Crippen molar-refractivity contribution in [3.05, 3.63) is 53.6 Å². The zero-order valence-corrected chi connectivity index (χ0v) is 23.8. The molecule has 5 heterocycles. The van der Waals surface area contributed by atoms with E-state index in [-0.39, 0.29) is 29.5 Å². The third kappa shape index (κ3) is 4.09. The first-order chi connectivity index (χ1) is 19.5. The Kier molecular flexibility index (Phi) is 5.72. The first kappa shape index (κ1) is 26.0. The minimum Gasteiger partial charge on any atom is -0.465 e. The lowest BCUT2D eigenvalue weighted by atomic mass is 9.98. The largest absolute Gasteiger partial charge is 0.465 e. The molecule has 9 nitrogen and oxygen atoms in total. The van der Waals surface area contributed by atoms with Gasteiger partial charge in [-0.05, 0) is 89.5 Å². The second-order valence-electron chi connectivity index (χ2n) is 13.0. The number of likely N-dealkylation sites (tertiary alicyclic amines) is 1. The highest BCUT2D eigenvalue weighted by atomic mass is 19.1. The van der Waals surface area contributed by atoms with Gasteiger partial charge in [-0.1, -0.05) is 0 Å². The normalized spacial score (nSPS) is 22.3. The summed E-state index contributed by atoms with van der Waals surface area (Å²) in [6, 6.07) is 6.80. The Balaban J connectivity index is 1.25. The summed E-state index contributed by atoms with van der Waals surface area (Å²) in [7, 11) is 0. The van der Waals surface area contributed by atoms with Gasteiger partial charge < -0.3 is 14.6 Å². The standard InChI is InChI=1S/C31H35FN6O3/c1-17-25(24-13-19-6-5-11-33-28(19)35(24)14-18-7-8-18)34-37-16-21(12-22(32)26(17)37)29(39)36-15-20-9-10-23(36)27(20)38(30(40)41)31(2,3)4/h5-6,11-13,16,18,20,23,27H,7-10,14-15H2,1-4H3,(H,40,41)/t20?,23?,27-/m1/s1. The van der Waals surface area contributed by atoms with Crippen molar-refractivity contribution < 1.29 is 19.1 Å². The monoisotopic (exact) mass is 558 g/mol. The molecule has 3 aliphatic rings. The van der Waals surface area contributed by atoms with E-state index >= 15 is 4.39 Å². The Bertz CT molecular complexity index is 1710. The summed E-state index contributed by atoms with van der Waals surface area (Å²) in [4.78, 5) is 33.9. The number of piperidine rings is 1. The second-order valence-corrected chi connectivity index (χ2v) is 13.0. The number of fused-ring (bicyclic) bond motifs is 4. The number of pyridine rings is 2. The molecule has 2 unspecified atom stereocenters. The van der Waals surface area contributed by atoms with E-state index in [9.17, 15) is 14.7 Å². The number of carbonyl (C=O) groups excluding carboxylic acids is 1. The highest BCUT2D eigenvalue weighted by molar-refractivity contribution is 5.95. The van der Waals surface area contributed by atoms with E-state index in [4.69, 9.17) is 5.10 Å². The van der Waals surface area contributed by atoms with Crippen LogP contribution in [0.2, 0.25) is 0 Å². The van der Waals surface area contributed by atoms with E-state index in [0.29, 0.717) is 29.2 Å². The van der Waals surface area contributed by atoms with E-state index in [0.717, 1.165) is 36.1 Å². The van der Waals surface area contributed by atoms with Crippen molar-refractivity contribution >= 4 is 28.6 Å². The van der Waals surface area contributed by atoms with Crippen molar-refractivity contribution in [2.75, 3.05) is 6.54 Å². The Labute approximate surface area is 237 Å². The van der Waals surface area contributed by atoms with Crippen LogP contribution in [0.15, 0.2) is 36.7 Å². The van der Waals surface area contributed by atoms with Gasteiger partial charge >= 0.3 is 6.09 Å². The van der Waals surface area contributed by atoms with Gasteiger partial charge in [-0.25, -0.2) is 18.7 Å². The molecule has 2 aliphatic carbocycles. The van der Waals surface area contributed by atoms with Crippen LogP contribution in [0.25, 0.3) is 27.9 Å². The van der Waals surface area contributed by atoms with Gasteiger partial charge in [0, 0.05) is 42.0 Å². The first-order valence-corrected chi connectivity index (χ1v) is 14.5. The maximum Gasteiger partial charge on any atom is 0.408 e. The number of rotatable bonds is 5. The van der Waals surface area contributed by atoms with Gasteiger partial charge in [-0.2, -0.15) is 5.10 Å². The van der Waals surface area contributed by atoms with E-state index in [2.05, 4.69) is 15.6 Å². The van der Waals surface area contributed by atoms with Gasteiger partial charge in [0.05, 0.1) is 23.3 Å². The average Bonchev–Trinajstić information content (AvgIpc) is 3.23. The Morgan fingerprint density at radius 3 is 2.66 bits per heavy atom. The number of nitrogens with zero attached hydrogens (tertiary/aromatic N) is 6. The molecule has 1 N–H and O–H groups in total. The number of aromatic nitrogens is 4. The van der Waals surface area contributed by atoms with E-state index < -0.39 is 17.4 Å². The predicted octanol–water partition coefficient (Wildman–Crippen LogP) is 5.59. The third-order valence-corrected chi connectivity index (χ3v) is 9.23. The zero-order valence-electron chi connectivity index (χ0n) is 23.8. The summed E-state index contributed by atoms with van der Waals surface area (Å²) in [6.45, 7) is 8.82. The smallest absolute Gasteiger partial charge is 0.408 e. The lowest BCUT2D eigenvalue weighted by Gasteiger charge is -2.40. The van der Waals surface area contributed by atoms with Crippen LogP contribution in [0, 0.1) is 24.6 Å². The van der Waals surface area contributed by atoms with Crippen molar-refractivity contribution in [2.24, 2.45) is 11.8 Å². The summed E-state index contributed by atoms with van der Waals surface area (Å²) < 4.78 is 19.4. The third-order valence-electron chi connectivity index (χ3n) is 9.23. The Morgan fingerprint density at radius 1 is 1.17 bits per heavy atom. The molecule has 0 aromatic carbocycles. The van der Waals surface area contributed by atoms with Crippen molar-refractivity contribution in [3.63, 3.8) is 0 Å². The van der Waals surface area contributed by atoms with Crippen LogP contribution in [0.5, 0.6) is 0 Å². The lowest BCUT2D eigenvalue weighted by Crippen LogP contribution is -2.55. The molecule has 7 rings (SSSR count). The van der Waals surface area contributed by atoms with Crippen molar-refractivity contribution in [1.82, 2.24) is 29.0 Å². The summed E-state index contributed by atoms with van der Waals surface area (Å²) >= 11 is 0.